The number of ether oxygens (including phenoxy) is 2. The van der Waals surface area contributed by atoms with Gasteiger partial charge in [0.1, 0.15) is 0 Å². The van der Waals surface area contributed by atoms with Crippen LogP contribution in [0.4, 0.5) is 0 Å². The molecule has 1 aromatic rings. The smallest absolute Gasteiger partial charge is 0.243 e. The number of hydrogen-bond donors (Lipinski definition) is 0. The Morgan fingerprint density at radius 2 is 1.62 bits per heavy atom. The van der Waals surface area contributed by atoms with E-state index in [9.17, 15) is 8.42 Å². The number of hydrogen-bond acceptors (Lipinski definition) is 5. The van der Waals surface area contributed by atoms with Gasteiger partial charge in [0, 0.05) is 38.3 Å². The van der Waals surface area contributed by atoms with Crippen LogP contribution < -0.4 is 9.47 Å². The summed E-state index contributed by atoms with van der Waals surface area (Å²) in [6.45, 7) is 7.47. The van der Waals surface area contributed by atoms with Crippen LogP contribution in [-0.4, -0.2) is 63.1 Å². The molecule has 134 valence electrons. The molecule has 1 heterocycles. The third-order valence-corrected chi connectivity index (χ3v) is 6.38. The molecule has 0 unspecified atom stereocenters. The summed E-state index contributed by atoms with van der Waals surface area (Å²) in [7, 11) is -3.49. The number of benzene rings is 1. The van der Waals surface area contributed by atoms with E-state index in [4.69, 9.17) is 9.47 Å². The van der Waals surface area contributed by atoms with Gasteiger partial charge in [-0.15, -0.1) is 0 Å². The van der Waals surface area contributed by atoms with Crippen molar-refractivity contribution in [1.29, 1.82) is 0 Å². The highest BCUT2D eigenvalue weighted by Crippen LogP contribution is 2.32. The highest BCUT2D eigenvalue weighted by Gasteiger charge is 2.35. The lowest BCUT2D eigenvalue weighted by Crippen LogP contribution is -2.49. The number of piperazine rings is 1. The molecule has 0 spiro atoms. The Morgan fingerprint density at radius 1 is 1.00 bits per heavy atom. The molecule has 24 heavy (non-hydrogen) atoms. The Labute approximate surface area is 144 Å². The van der Waals surface area contributed by atoms with E-state index in [0.717, 1.165) is 13.1 Å². The minimum atomic E-state index is -3.49. The molecule has 0 bridgehead atoms. The van der Waals surface area contributed by atoms with Crippen molar-refractivity contribution < 1.29 is 17.9 Å². The highest BCUT2D eigenvalue weighted by molar-refractivity contribution is 7.89. The molecular formula is C17H26N2O4S. The zero-order chi connectivity index (χ0) is 17.2. The molecule has 1 aliphatic carbocycles. The summed E-state index contributed by atoms with van der Waals surface area (Å²) < 4.78 is 38.5. The van der Waals surface area contributed by atoms with Gasteiger partial charge >= 0.3 is 0 Å². The van der Waals surface area contributed by atoms with Crippen molar-refractivity contribution in [3.63, 3.8) is 0 Å². The second-order valence-corrected chi connectivity index (χ2v) is 8.08. The van der Waals surface area contributed by atoms with E-state index < -0.39 is 10.0 Å². The topological polar surface area (TPSA) is 59.1 Å². The summed E-state index contributed by atoms with van der Waals surface area (Å²) >= 11 is 0. The van der Waals surface area contributed by atoms with Crippen LogP contribution in [0, 0.1) is 0 Å². The van der Waals surface area contributed by atoms with Gasteiger partial charge in [-0.05, 0) is 38.8 Å². The molecule has 0 amide bonds. The predicted octanol–water partition coefficient (Wildman–Crippen LogP) is 1.95. The van der Waals surface area contributed by atoms with E-state index in [1.807, 2.05) is 13.8 Å². The molecule has 1 saturated carbocycles. The first-order chi connectivity index (χ1) is 11.6. The highest BCUT2D eigenvalue weighted by atomic mass is 32.2. The second kappa shape index (κ2) is 7.29. The maximum atomic E-state index is 12.9. The molecule has 2 aliphatic rings. The van der Waals surface area contributed by atoms with Gasteiger partial charge in [0.25, 0.3) is 0 Å². The predicted molar refractivity (Wildman–Crippen MR) is 92.1 cm³/mol. The Balaban J connectivity index is 1.77. The van der Waals surface area contributed by atoms with Crippen LogP contribution in [0.25, 0.3) is 0 Å². The van der Waals surface area contributed by atoms with Gasteiger partial charge in [-0.25, -0.2) is 8.42 Å². The van der Waals surface area contributed by atoms with Crippen molar-refractivity contribution in [2.75, 3.05) is 39.4 Å². The second-order valence-electron chi connectivity index (χ2n) is 6.15. The lowest BCUT2D eigenvalue weighted by molar-refractivity contribution is 0.180. The third-order valence-electron chi connectivity index (χ3n) is 4.49. The minimum absolute atomic E-state index is 0.272. The molecular weight excluding hydrogens is 328 g/mol. The standard InChI is InChI=1S/C17H26N2O4S/c1-3-22-16-8-7-15(13-17(16)23-4-2)24(20,21)19-11-9-18(10-12-19)14-5-6-14/h7-8,13-14H,3-6,9-12H2,1-2H3. The van der Waals surface area contributed by atoms with Gasteiger partial charge < -0.3 is 9.47 Å². The first-order valence-corrected chi connectivity index (χ1v) is 10.1. The van der Waals surface area contributed by atoms with Gasteiger partial charge in [-0.1, -0.05) is 0 Å². The van der Waals surface area contributed by atoms with Crippen molar-refractivity contribution in [3.8, 4) is 11.5 Å². The molecule has 7 heteroatoms. The Hall–Kier alpha value is -1.31. The summed E-state index contributed by atoms with van der Waals surface area (Å²) in [5, 5.41) is 0. The fourth-order valence-corrected chi connectivity index (χ4v) is 4.53. The SMILES string of the molecule is CCOc1ccc(S(=O)(=O)N2CCN(C3CC3)CC2)cc1OCC. The van der Waals surface area contributed by atoms with Crippen LogP contribution in [-0.2, 0) is 10.0 Å². The van der Waals surface area contributed by atoms with Crippen LogP contribution in [0.1, 0.15) is 26.7 Å². The largest absolute Gasteiger partial charge is 0.490 e. The normalized spacial score (nSPS) is 20.1. The molecule has 0 aromatic heterocycles. The lowest BCUT2D eigenvalue weighted by atomic mass is 10.3. The fourth-order valence-electron chi connectivity index (χ4n) is 3.09. The van der Waals surface area contributed by atoms with Crippen LogP contribution in [0.2, 0.25) is 0 Å². The summed E-state index contributed by atoms with van der Waals surface area (Å²) in [6.07, 6.45) is 2.51. The first kappa shape index (κ1) is 17.5. The number of nitrogens with zero attached hydrogens (tertiary/aromatic N) is 2. The Bertz CT molecular complexity index is 665. The molecule has 0 radical (unpaired) electrons. The summed E-state index contributed by atoms with van der Waals surface area (Å²) in [5.74, 6) is 1.06. The van der Waals surface area contributed by atoms with Crippen molar-refractivity contribution in [1.82, 2.24) is 9.21 Å². The van der Waals surface area contributed by atoms with Crippen LogP contribution in [0.5, 0.6) is 11.5 Å². The number of rotatable bonds is 7. The third kappa shape index (κ3) is 3.68. The minimum Gasteiger partial charge on any atom is -0.490 e. The Morgan fingerprint density at radius 3 is 2.21 bits per heavy atom. The maximum Gasteiger partial charge on any atom is 0.243 e. The zero-order valence-electron chi connectivity index (χ0n) is 14.4. The summed E-state index contributed by atoms with van der Waals surface area (Å²) in [6, 6.07) is 5.56. The molecule has 0 N–H and O–H groups in total. The number of sulfonamides is 1. The van der Waals surface area contributed by atoms with Crippen molar-refractivity contribution in [2.24, 2.45) is 0 Å². The summed E-state index contributed by atoms with van der Waals surface area (Å²) in [5.41, 5.74) is 0. The molecule has 6 nitrogen and oxygen atoms in total. The van der Waals surface area contributed by atoms with Crippen LogP contribution in [0.3, 0.4) is 0 Å². The average Bonchev–Trinajstić information content (AvgIpc) is 3.42. The molecule has 2 fully saturated rings. The molecule has 1 saturated heterocycles. The van der Waals surface area contributed by atoms with Crippen LogP contribution in [0.15, 0.2) is 23.1 Å². The molecule has 1 aliphatic heterocycles. The molecule has 3 rings (SSSR count). The van der Waals surface area contributed by atoms with Gasteiger partial charge in [-0.2, -0.15) is 4.31 Å². The first-order valence-electron chi connectivity index (χ1n) is 8.70. The van der Waals surface area contributed by atoms with Crippen LogP contribution >= 0.6 is 0 Å². The average molecular weight is 354 g/mol. The van der Waals surface area contributed by atoms with Gasteiger partial charge in [0.15, 0.2) is 11.5 Å². The Kier molecular flexibility index (Phi) is 5.32. The van der Waals surface area contributed by atoms with Gasteiger partial charge in [0.05, 0.1) is 18.1 Å². The van der Waals surface area contributed by atoms with Gasteiger partial charge in [-0.3, -0.25) is 4.90 Å². The monoisotopic (exact) mass is 354 g/mol. The molecule has 1 aromatic carbocycles. The summed E-state index contributed by atoms with van der Waals surface area (Å²) in [4.78, 5) is 2.67. The van der Waals surface area contributed by atoms with E-state index in [1.54, 1.807) is 22.5 Å². The van der Waals surface area contributed by atoms with E-state index in [0.29, 0.717) is 43.8 Å². The van der Waals surface area contributed by atoms with Gasteiger partial charge in [0.2, 0.25) is 10.0 Å². The quantitative estimate of drug-likeness (QED) is 0.749. The van der Waals surface area contributed by atoms with Crippen molar-refractivity contribution in [3.05, 3.63) is 18.2 Å². The van der Waals surface area contributed by atoms with E-state index in [1.165, 1.54) is 12.8 Å². The lowest BCUT2D eigenvalue weighted by Gasteiger charge is -2.34. The van der Waals surface area contributed by atoms with Crippen molar-refractivity contribution >= 4 is 10.0 Å². The fraction of sp³-hybridized carbons (Fsp3) is 0.647. The van der Waals surface area contributed by atoms with E-state index in [2.05, 4.69) is 4.90 Å². The molecule has 0 atom stereocenters. The van der Waals surface area contributed by atoms with Crippen molar-refractivity contribution in [2.45, 2.75) is 37.6 Å². The zero-order valence-corrected chi connectivity index (χ0v) is 15.2. The van der Waals surface area contributed by atoms with E-state index in [-0.39, 0.29) is 4.90 Å². The maximum absolute atomic E-state index is 12.9. The van der Waals surface area contributed by atoms with E-state index >= 15 is 0 Å².